The quantitative estimate of drug-likeness (QED) is 0.587. The molecule has 1 amide bonds. The van der Waals surface area contributed by atoms with Gasteiger partial charge in [-0.1, -0.05) is 12.1 Å². The Kier molecular flexibility index (Phi) is 5.60. The zero-order chi connectivity index (χ0) is 20.2. The van der Waals surface area contributed by atoms with Crippen molar-refractivity contribution in [3.8, 4) is 17.6 Å². The molecule has 29 heavy (non-hydrogen) atoms. The summed E-state index contributed by atoms with van der Waals surface area (Å²) >= 11 is 3.22. The first-order valence-electron chi connectivity index (χ1n) is 8.87. The average molecular weight is 424 g/mol. The Labute approximate surface area is 176 Å². The summed E-state index contributed by atoms with van der Waals surface area (Å²) in [5.74, 6) is 0.589. The summed E-state index contributed by atoms with van der Waals surface area (Å²) in [4.78, 5) is 15.1. The van der Waals surface area contributed by atoms with E-state index in [0.717, 1.165) is 15.5 Å². The zero-order valence-electron chi connectivity index (χ0n) is 15.6. The highest BCUT2D eigenvalue weighted by Gasteiger charge is 2.34. The third kappa shape index (κ3) is 4.01. The van der Waals surface area contributed by atoms with Gasteiger partial charge in [0.15, 0.2) is 18.1 Å². The maximum atomic E-state index is 13.0. The van der Waals surface area contributed by atoms with Gasteiger partial charge >= 0.3 is 0 Å². The summed E-state index contributed by atoms with van der Waals surface area (Å²) in [6, 6.07) is 14.7. The van der Waals surface area contributed by atoms with Gasteiger partial charge < -0.3 is 9.47 Å². The summed E-state index contributed by atoms with van der Waals surface area (Å²) in [5.41, 5.74) is 1.37. The third-order valence-corrected chi connectivity index (χ3v) is 6.38. The van der Waals surface area contributed by atoms with Crippen molar-refractivity contribution in [2.45, 2.75) is 12.5 Å². The van der Waals surface area contributed by atoms with E-state index in [1.807, 2.05) is 35.0 Å². The van der Waals surface area contributed by atoms with Crippen molar-refractivity contribution in [1.82, 2.24) is 5.01 Å². The first-order chi connectivity index (χ1) is 14.2. The van der Waals surface area contributed by atoms with E-state index in [0.29, 0.717) is 23.5 Å². The monoisotopic (exact) mass is 423 g/mol. The molecule has 0 spiro atoms. The predicted octanol–water partition coefficient (Wildman–Crippen LogP) is 4.45. The topological polar surface area (TPSA) is 74.9 Å². The number of carbonyl (C=O) groups is 1. The van der Waals surface area contributed by atoms with Gasteiger partial charge in [-0.15, -0.1) is 22.7 Å². The maximum absolute atomic E-state index is 13.0. The molecule has 1 atom stereocenters. The van der Waals surface area contributed by atoms with Crippen LogP contribution in [0.4, 0.5) is 0 Å². The van der Waals surface area contributed by atoms with Crippen molar-refractivity contribution in [1.29, 1.82) is 5.26 Å². The lowest BCUT2D eigenvalue weighted by Crippen LogP contribution is -2.31. The van der Waals surface area contributed by atoms with Crippen LogP contribution in [-0.2, 0) is 4.79 Å². The van der Waals surface area contributed by atoms with Gasteiger partial charge in [0.05, 0.1) is 35.4 Å². The summed E-state index contributed by atoms with van der Waals surface area (Å²) in [5, 5.41) is 19.2. The van der Waals surface area contributed by atoms with E-state index in [2.05, 4.69) is 11.2 Å². The van der Waals surface area contributed by atoms with Crippen molar-refractivity contribution in [2.24, 2.45) is 5.10 Å². The predicted molar refractivity (Wildman–Crippen MR) is 113 cm³/mol. The fourth-order valence-electron chi connectivity index (χ4n) is 3.10. The Hall–Kier alpha value is -3.15. The molecule has 0 unspecified atom stereocenters. The van der Waals surface area contributed by atoms with Crippen LogP contribution in [0.5, 0.6) is 11.5 Å². The molecular formula is C21H17N3O3S2. The van der Waals surface area contributed by atoms with Crippen LogP contribution in [0.15, 0.2) is 58.3 Å². The molecule has 0 saturated heterocycles. The molecule has 3 heterocycles. The van der Waals surface area contributed by atoms with E-state index in [4.69, 9.17) is 14.7 Å². The molecule has 1 aliphatic rings. The number of hydrogen-bond donors (Lipinski definition) is 0. The Bertz CT molecular complexity index is 1070. The molecule has 4 rings (SSSR count). The molecule has 6 nitrogen and oxygen atoms in total. The minimum Gasteiger partial charge on any atom is -0.493 e. The van der Waals surface area contributed by atoms with Gasteiger partial charge in [0, 0.05) is 17.4 Å². The number of ether oxygens (including phenoxy) is 2. The third-order valence-electron chi connectivity index (χ3n) is 4.49. The lowest BCUT2D eigenvalue weighted by atomic mass is 10.1. The highest BCUT2D eigenvalue weighted by Crippen LogP contribution is 2.36. The second-order valence-electron chi connectivity index (χ2n) is 6.26. The Balaban J connectivity index is 1.53. The lowest BCUT2D eigenvalue weighted by Gasteiger charge is -2.21. The molecule has 3 aromatic rings. The maximum Gasteiger partial charge on any atom is 0.281 e. The fourth-order valence-corrected chi connectivity index (χ4v) is 4.63. The summed E-state index contributed by atoms with van der Waals surface area (Å²) in [7, 11) is 1.50. The van der Waals surface area contributed by atoms with Crippen molar-refractivity contribution in [3.63, 3.8) is 0 Å². The fraction of sp³-hybridized carbons (Fsp3) is 0.190. The van der Waals surface area contributed by atoms with Gasteiger partial charge in [-0.2, -0.15) is 10.4 Å². The molecule has 8 heteroatoms. The minimum absolute atomic E-state index is 0.133. The van der Waals surface area contributed by atoms with Crippen LogP contribution < -0.4 is 9.47 Å². The minimum atomic E-state index is -0.235. The normalized spacial score (nSPS) is 15.7. The first kappa shape index (κ1) is 19.2. The van der Waals surface area contributed by atoms with Crippen molar-refractivity contribution < 1.29 is 14.3 Å². The second-order valence-corrected chi connectivity index (χ2v) is 8.19. The molecule has 0 radical (unpaired) electrons. The number of hydrogen-bond acceptors (Lipinski definition) is 7. The summed E-state index contributed by atoms with van der Waals surface area (Å²) in [6.45, 7) is -0.175. The number of amides is 1. The van der Waals surface area contributed by atoms with Crippen LogP contribution in [0.25, 0.3) is 0 Å². The molecule has 0 bridgehead atoms. The van der Waals surface area contributed by atoms with Crippen LogP contribution in [0, 0.1) is 11.3 Å². The van der Waals surface area contributed by atoms with Crippen LogP contribution >= 0.6 is 22.7 Å². The van der Waals surface area contributed by atoms with Crippen LogP contribution in [-0.4, -0.2) is 30.3 Å². The van der Waals surface area contributed by atoms with Crippen LogP contribution in [0.3, 0.4) is 0 Å². The lowest BCUT2D eigenvalue weighted by molar-refractivity contribution is -0.135. The smallest absolute Gasteiger partial charge is 0.281 e. The van der Waals surface area contributed by atoms with E-state index in [9.17, 15) is 4.79 Å². The van der Waals surface area contributed by atoms with Gasteiger partial charge in [0.2, 0.25) is 0 Å². The van der Waals surface area contributed by atoms with Gasteiger partial charge in [-0.05, 0) is 35.0 Å². The van der Waals surface area contributed by atoms with E-state index >= 15 is 0 Å². The molecule has 1 aliphatic heterocycles. The molecular weight excluding hydrogens is 406 g/mol. The molecule has 2 aromatic heterocycles. The number of methoxy groups -OCH3 is 1. The Morgan fingerprint density at radius 2 is 2.07 bits per heavy atom. The van der Waals surface area contributed by atoms with E-state index < -0.39 is 0 Å². The number of thiophene rings is 2. The van der Waals surface area contributed by atoms with E-state index in [-0.39, 0.29) is 18.6 Å². The molecule has 0 N–H and O–H groups in total. The molecule has 0 aliphatic carbocycles. The van der Waals surface area contributed by atoms with Gasteiger partial charge in [0.1, 0.15) is 0 Å². The van der Waals surface area contributed by atoms with Gasteiger partial charge in [0.25, 0.3) is 5.91 Å². The summed E-state index contributed by atoms with van der Waals surface area (Å²) in [6.07, 6.45) is 0.674. The number of nitriles is 1. The molecule has 1 aromatic carbocycles. The van der Waals surface area contributed by atoms with Crippen molar-refractivity contribution >= 4 is 34.3 Å². The molecule has 0 fully saturated rings. The number of rotatable bonds is 6. The second kappa shape index (κ2) is 8.47. The number of nitrogens with zero attached hydrogens (tertiary/aromatic N) is 3. The molecule has 146 valence electrons. The first-order valence-corrected chi connectivity index (χ1v) is 10.6. The number of benzene rings is 1. The van der Waals surface area contributed by atoms with Gasteiger partial charge in [-0.3, -0.25) is 4.79 Å². The van der Waals surface area contributed by atoms with Crippen molar-refractivity contribution in [3.05, 3.63) is 68.5 Å². The number of hydrazone groups is 1. The SMILES string of the molecule is COc1cc(C#N)ccc1OCC(=O)N1N=C(c2cccs2)C[C@H]1c1cccs1. The largest absolute Gasteiger partial charge is 0.493 e. The molecule has 0 saturated carbocycles. The summed E-state index contributed by atoms with van der Waals surface area (Å²) < 4.78 is 11.0. The number of carbonyl (C=O) groups excluding carboxylic acids is 1. The van der Waals surface area contributed by atoms with Gasteiger partial charge in [-0.25, -0.2) is 5.01 Å². The zero-order valence-corrected chi connectivity index (χ0v) is 17.2. The van der Waals surface area contributed by atoms with Crippen LogP contribution in [0.2, 0.25) is 0 Å². The van der Waals surface area contributed by atoms with Crippen molar-refractivity contribution in [2.75, 3.05) is 13.7 Å². The van der Waals surface area contributed by atoms with Crippen LogP contribution in [0.1, 0.15) is 27.8 Å². The Morgan fingerprint density at radius 1 is 1.24 bits per heavy atom. The highest BCUT2D eigenvalue weighted by atomic mass is 32.1. The highest BCUT2D eigenvalue weighted by molar-refractivity contribution is 7.12. The standard InChI is InChI=1S/C21H17N3O3S2/c1-26-18-10-14(12-22)6-7-17(18)27-13-21(25)24-16(20-5-3-9-29-20)11-15(23-24)19-4-2-8-28-19/h2-10,16H,11,13H2,1H3/t16-/m0/s1. The average Bonchev–Trinajstić information content (AvgIpc) is 3.51. The Morgan fingerprint density at radius 3 is 2.76 bits per heavy atom. The van der Waals surface area contributed by atoms with E-state index in [1.165, 1.54) is 12.1 Å². The van der Waals surface area contributed by atoms with E-state index in [1.54, 1.807) is 40.9 Å².